The van der Waals surface area contributed by atoms with Crippen molar-refractivity contribution in [3.05, 3.63) is 24.0 Å². The first-order chi connectivity index (χ1) is 5.95. The highest BCUT2D eigenvalue weighted by Crippen LogP contribution is 2.17. The Labute approximate surface area is 76.0 Å². The van der Waals surface area contributed by atoms with Crippen molar-refractivity contribution >= 4 is 11.8 Å². The van der Waals surface area contributed by atoms with E-state index in [0.717, 1.165) is 12.2 Å². The van der Waals surface area contributed by atoms with E-state index in [2.05, 4.69) is 15.5 Å². The molecule has 12 heavy (non-hydrogen) atoms. The average Bonchev–Trinajstić information content (AvgIpc) is 2.04. The number of aromatic nitrogens is 2. The summed E-state index contributed by atoms with van der Waals surface area (Å²) < 4.78 is 0. The van der Waals surface area contributed by atoms with E-state index < -0.39 is 0 Å². The summed E-state index contributed by atoms with van der Waals surface area (Å²) in [6, 6.07) is 4.60. The van der Waals surface area contributed by atoms with E-state index in [-0.39, 0.29) is 0 Å². The fraction of sp³-hybridized carbons (Fsp3) is 0.500. The van der Waals surface area contributed by atoms with Crippen LogP contribution in [0.2, 0.25) is 0 Å². The van der Waals surface area contributed by atoms with Crippen molar-refractivity contribution in [2.75, 3.05) is 11.5 Å². The molecular formula is C8H11N3S. The molecule has 4 heteroatoms. The van der Waals surface area contributed by atoms with Crippen LogP contribution in [0.15, 0.2) is 18.3 Å². The molecule has 0 aliphatic carbocycles. The van der Waals surface area contributed by atoms with Gasteiger partial charge in [-0.05, 0) is 12.1 Å². The third-order valence-electron chi connectivity index (χ3n) is 1.84. The first kappa shape index (κ1) is 8.01. The van der Waals surface area contributed by atoms with E-state index >= 15 is 0 Å². The fourth-order valence-electron chi connectivity index (χ4n) is 1.03. The lowest BCUT2D eigenvalue weighted by Gasteiger charge is -2.25. The van der Waals surface area contributed by atoms with Gasteiger partial charge in [0.25, 0.3) is 0 Å². The van der Waals surface area contributed by atoms with Crippen LogP contribution in [0.3, 0.4) is 0 Å². The van der Waals surface area contributed by atoms with Crippen molar-refractivity contribution < 1.29 is 0 Å². The molecule has 1 fully saturated rings. The van der Waals surface area contributed by atoms with Gasteiger partial charge in [-0.25, -0.2) is 0 Å². The van der Waals surface area contributed by atoms with Crippen molar-refractivity contribution in [3.63, 3.8) is 0 Å². The first-order valence-corrected chi connectivity index (χ1v) is 5.18. The lowest BCUT2D eigenvalue weighted by atomic mass is 10.3. The molecule has 2 heterocycles. The van der Waals surface area contributed by atoms with Crippen LogP contribution < -0.4 is 5.32 Å². The summed E-state index contributed by atoms with van der Waals surface area (Å²) in [4.78, 5) is 0. The molecule has 1 saturated heterocycles. The highest BCUT2D eigenvalue weighted by atomic mass is 32.2. The van der Waals surface area contributed by atoms with Gasteiger partial charge in [0, 0.05) is 30.3 Å². The number of nitrogens with zero attached hydrogens (tertiary/aromatic N) is 2. The summed E-state index contributed by atoms with van der Waals surface area (Å²) >= 11 is 1.98. The fourth-order valence-corrected chi connectivity index (χ4v) is 1.74. The van der Waals surface area contributed by atoms with Crippen LogP contribution in [-0.4, -0.2) is 27.7 Å². The molecule has 1 aromatic heterocycles. The molecule has 1 aliphatic rings. The molecule has 0 spiro atoms. The van der Waals surface area contributed by atoms with Crippen molar-refractivity contribution in [1.29, 1.82) is 0 Å². The molecule has 0 aromatic carbocycles. The highest BCUT2D eigenvalue weighted by molar-refractivity contribution is 8.00. The molecule has 0 atom stereocenters. The standard InChI is InChI=1S/C8H11N3S/c1-2-7(11-10-3-1)4-9-8-5-12-6-8/h1-3,8-9H,4-6H2. The van der Waals surface area contributed by atoms with Gasteiger partial charge in [-0.15, -0.1) is 0 Å². The Kier molecular flexibility index (Phi) is 2.58. The molecule has 0 amide bonds. The Morgan fingerprint density at radius 2 is 2.50 bits per heavy atom. The van der Waals surface area contributed by atoms with Crippen molar-refractivity contribution in [2.24, 2.45) is 0 Å². The highest BCUT2D eigenvalue weighted by Gasteiger charge is 2.16. The third-order valence-corrected chi connectivity index (χ3v) is 3.11. The van der Waals surface area contributed by atoms with Crippen molar-refractivity contribution in [1.82, 2.24) is 15.5 Å². The van der Waals surface area contributed by atoms with E-state index in [0.29, 0.717) is 6.04 Å². The molecule has 0 unspecified atom stereocenters. The van der Waals surface area contributed by atoms with Crippen LogP contribution in [0.25, 0.3) is 0 Å². The van der Waals surface area contributed by atoms with Crippen molar-refractivity contribution in [2.45, 2.75) is 12.6 Å². The summed E-state index contributed by atoms with van der Waals surface area (Å²) in [5.74, 6) is 2.47. The Bertz CT molecular complexity index is 235. The number of hydrogen-bond donors (Lipinski definition) is 1. The Balaban J connectivity index is 1.79. The van der Waals surface area contributed by atoms with Crippen LogP contribution in [0.5, 0.6) is 0 Å². The van der Waals surface area contributed by atoms with Gasteiger partial charge in [0.15, 0.2) is 0 Å². The Hall–Kier alpha value is -0.610. The molecule has 0 bridgehead atoms. The van der Waals surface area contributed by atoms with Gasteiger partial charge in [0.05, 0.1) is 5.69 Å². The predicted molar refractivity (Wildman–Crippen MR) is 50.0 cm³/mol. The molecule has 1 aliphatic heterocycles. The van der Waals surface area contributed by atoms with Crippen molar-refractivity contribution in [3.8, 4) is 0 Å². The summed E-state index contributed by atoms with van der Waals surface area (Å²) in [6.07, 6.45) is 1.70. The van der Waals surface area contributed by atoms with Crippen LogP contribution in [0.4, 0.5) is 0 Å². The normalized spacial score (nSPS) is 17.3. The van der Waals surface area contributed by atoms with Gasteiger partial charge in [-0.1, -0.05) is 0 Å². The molecule has 1 aromatic rings. The molecule has 2 rings (SSSR count). The smallest absolute Gasteiger partial charge is 0.0769 e. The van der Waals surface area contributed by atoms with E-state index in [1.807, 2.05) is 23.9 Å². The van der Waals surface area contributed by atoms with Gasteiger partial charge in [-0.3, -0.25) is 0 Å². The summed E-state index contributed by atoms with van der Waals surface area (Å²) in [5, 5.41) is 11.2. The zero-order valence-corrected chi connectivity index (χ0v) is 7.55. The van der Waals surface area contributed by atoms with Gasteiger partial charge in [0.1, 0.15) is 0 Å². The SMILES string of the molecule is c1cnnc(CNC2CSC2)c1. The Morgan fingerprint density at radius 1 is 1.58 bits per heavy atom. The average molecular weight is 181 g/mol. The van der Waals surface area contributed by atoms with Crippen LogP contribution in [0, 0.1) is 0 Å². The number of rotatable bonds is 3. The molecule has 1 N–H and O–H groups in total. The zero-order chi connectivity index (χ0) is 8.23. The summed E-state index contributed by atoms with van der Waals surface area (Å²) in [5.41, 5.74) is 1.02. The largest absolute Gasteiger partial charge is 0.307 e. The van der Waals surface area contributed by atoms with E-state index in [4.69, 9.17) is 0 Å². The minimum absolute atomic E-state index is 0.692. The maximum atomic E-state index is 3.99. The molecule has 64 valence electrons. The maximum absolute atomic E-state index is 3.99. The summed E-state index contributed by atoms with van der Waals surface area (Å²) in [7, 11) is 0. The topological polar surface area (TPSA) is 37.8 Å². The number of thioether (sulfide) groups is 1. The maximum Gasteiger partial charge on any atom is 0.0769 e. The zero-order valence-electron chi connectivity index (χ0n) is 6.73. The lowest BCUT2D eigenvalue weighted by Crippen LogP contribution is -2.39. The van der Waals surface area contributed by atoms with Crippen LogP contribution in [0.1, 0.15) is 5.69 Å². The van der Waals surface area contributed by atoms with E-state index in [9.17, 15) is 0 Å². The quantitative estimate of drug-likeness (QED) is 0.744. The second-order valence-corrected chi connectivity index (χ2v) is 3.91. The molecule has 0 saturated carbocycles. The Morgan fingerprint density at radius 3 is 3.08 bits per heavy atom. The van der Waals surface area contributed by atoms with Crippen LogP contribution in [-0.2, 0) is 6.54 Å². The second kappa shape index (κ2) is 3.87. The molecule has 0 radical (unpaired) electrons. The van der Waals surface area contributed by atoms with Gasteiger partial charge < -0.3 is 5.32 Å². The van der Waals surface area contributed by atoms with E-state index in [1.165, 1.54) is 11.5 Å². The second-order valence-electron chi connectivity index (χ2n) is 2.83. The molecular weight excluding hydrogens is 170 g/mol. The number of nitrogens with one attached hydrogen (secondary N) is 1. The lowest BCUT2D eigenvalue weighted by molar-refractivity contribution is 0.572. The van der Waals surface area contributed by atoms with Crippen LogP contribution >= 0.6 is 11.8 Å². The minimum atomic E-state index is 0.692. The monoisotopic (exact) mass is 181 g/mol. The van der Waals surface area contributed by atoms with Gasteiger partial charge >= 0.3 is 0 Å². The van der Waals surface area contributed by atoms with E-state index in [1.54, 1.807) is 6.20 Å². The van der Waals surface area contributed by atoms with Gasteiger partial charge in [-0.2, -0.15) is 22.0 Å². The first-order valence-electron chi connectivity index (χ1n) is 4.03. The minimum Gasteiger partial charge on any atom is -0.307 e. The van der Waals surface area contributed by atoms with Gasteiger partial charge in [0.2, 0.25) is 0 Å². The molecule has 3 nitrogen and oxygen atoms in total. The predicted octanol–water partition coefficient (Wildman–Crippen LogP) is 0.682. The number of hydrogen-bond acceptors (Lipinski definition) is 4. The third kappa shape index (κ3) is 1.95. The summed E-state index contributed by atoms with van der Waals surface area (Å²) in [6.45, 7) is 0.846.